The van der Waals surface area contributed by atoms with E-state index in [1.54, 1.807) is 6.07 Å². The van der Waals surface area contributed by atoms with Gasteiger partial charge in [0.15, 0.2) is 5.78 Å². The van der Waals surface area contributed by atoms with Crippen LogP contribution in [0.5, 0.6) is 0 Å². The minimum Gasteiger partial charge on any atom is -0.353 e. The van der Waals surface area contributed by atoms with Gasteiger partial charge in [-0.1, -0.05) is 19.9 Å². The van der Waals surface area contributed by atoms with Crippen LogP contribution >= 0.6 is 0 Å². The number of anilines is 1. The highest BCUT2D eigenvalue weighted by atomic mass is 19.1. The van der Waals surface area contributed by atoms with Gasteiger partial charge in [0.2, 0.25) is 0 Å². The summed E-state index contributed by atoms with van der Waals surface area (Å²) < 4.78 is 13.9. The number of rotatable bonds is 4. The lowest BCUT2D eigenvalue weighted by Crippen LogP contribution is -2.29. The molecule has 1 aliphatic heterocycles. The fourth-order valence-corrected chi connectivity index (χ4v) is 2.17. The molecule has 0 radical (unpaired) electrons. The van der Waals surface area contributed by atoms with Gasteiger partial charge in [-0.3, -0.25) is 9.79 Å². The summed E-state index contributed by atoms with van der Waals surface area (Å²) in [4.78, 5) is 16.3. The van der Waals surface area contributed by atoms with Crippen molar-refractivity contribution in [3.05, 3.63) is 41.0 Å². The van der Waals surface area contributed by atoms with Crippen molar-refractivity contribution in [2.45, 2.75) is 33.6 Å². The molecule has 5 heteroatoms. The molecule has 1 aromatic carbocycles. The Kier molecular flexibility index (Phi) is 5.31. The summed E-state index contributed by atoms with van der Waals surface area (Å²) in [7, 11) is 0. The molecular formula is C17H22FN3O. The summed E-state index contributed by atoms with van der Waals surface area (Å²) in [6, 6.07) is 4.97. The monoisotopic (exact) mass is 303 g/mol. The molecule has 1 aromatic rings. The minimum absolute atomic E-state index is 0.0890. The topological polar surface area (TPSA) is 53.5 Å². The van der Waals surface area contributed by atoms with E-state index in [2.05, 4.69) is 15.6 Å². The van der Waals surface area contributed by atoms with Crippen molar-refractivity contribution in [2.24, 2.45) is 10.9 Å². The number of carbonyl (C=O) groups excluding carboxylic acids is 1. The molecule has 3 rings (SSSR count). The summed E-state index contributed by atoms with van der Waals surface area (Å²) in [5, 5.41) is 5.89. The molecule has 2 aliphatic rings. The molecular weight excluding hydrogens is 281 g/mol. The predicted octanol–water partition coefficient (Wildman–Crippen LogP) is 3.39. The first-order chi connectivity index (χ1) is 10.6. The Morgan fingerprint density at radius 3 is 2.73 bits per heavy atom. The fourth-order valence-electron chi connectivity index (χ4n) is 2.17. The number of aryl methyl sites for hydroxylation is 1. The minimum atomic E-state index is -0.328. The van der Waals surface area contributed by atoms with Crippen molar-refractivity contribution in [3.63, 3.8) is 0 Å². The third kappa shape index (κ3) is 3.72. The van der Waals surface area contributed by atoms with Crippen LogP contribution < -0.4 is 10.6 Å². The number of hydrogen-bond donors (Lipinski definition) is 2. The van der Waals surface area contributed by atoms with Crippen molar-refractivity contribution in [3.8, 4) is 0 Å². The molecule has 0 saturated heterocycles. The second-order valence-corrected chi connectivity index (χ2v) is 5.21. The van der Waals surface area contributed by atoms with Crippen LogP contribution in [0.3, 0.4) is 0 Å². The fraction of sp³-hybridized carbons (Fsp3) is 0.412. The van der Waals surface area contributed by atoms with Gasteiger partial charge in [0.05, 0.1) is 24.3 Å². The van der Waals surface area contributed by atoms with E-state index < -0.39 is 0 Å². The Morgan fingerprint density at radius 1 is 1.36 bits per heavy atom. The van der Waals surface area contributed by atoms with Gasteiger partial charge in [-0.15, -0.1) is 0 Å². The van der Waals surface area contributed by atoms with Crippen molar-refractivity contribution in [1.29, 1.82) is 0 Å². The summed E-state index contributed by atoms with van der Waals surface area (Å²) in [6.07, 6.45) is 3.40. The van der Waals surface area contributed by atoms with Crippen LogP contribution in [0.4, 0.5) is 10.1 Å². The Balaban J connectivity index is 0.000000847. The van der Waals surface area contributed by atoms with Gasteiger partial charge in [0.25, 0.3) is 0 Å². The van der Waals surface area contributed by atoms with Crippen LogP contribution in [-0.4, -0.2) is 18.7 Å². The van der Waals surface area contributed by atoms with Gasteiger partial charge in [0.1, 0.15) is 11.5 Å². The number of halogens is 1. The van der Waals surface area contributed by atoms with E-state index in [4.69, 9.17) is 0 Å². The van der Waals surface area contributed by atoms with Crippen LogP contribution in [0.1, 0.15) is 32.3 Å². The number of aliphatic imine (C=N–C) groups is 1. The number of nitrogens with zero attached hydrogens (tertiary/aromatic N) is 1. The van der Waals surface area contributed by atoms with E-state index in [0.717, 1.165) is 18.4 Å². The first-order valence-electron chi connectivity index (χ1n) is 7.70. The molecule has 22 heavy (non-hydrogen) atoms. The van der Waals surface area contributed by atoms with Crippen LogP contribution in [0.25, 0.3) is 0 Å². The summed E-state index contributed by atoms with van der Waals surface area (Å²) in [5.74, 6) is -0.125. The van der Waals surface area contributed by atoms with Gasteiger partial charge in [-0.05, 0) is 37.5 Å². The van der Waals surface area contributed by atoms with Crippen molar-refractivity contribution in [2.75, 3.05) is 11.9 Å². The zero-order chi connectivity index (χ0) is 16.1. The first kappa shape index (κ1) is 16.2. The zero-order valence-electron chi connectivity index (χ0n) is 13.2. The van der Waals surface area contributed by atoms with Crippen LogP contribution in [-0.2, 0) is 4.79 Å². The molecule has 2 N–H and O–H groups in total. The Bertz CT molecular complexity index is 618. The molecule has 1 aliphatic carbocycles. The lowest BCUT2D eigenvalue weighted by Gasteiger charge is -2.18. The van der Waals surface area contributed by atoms with E-state index in [1.165, 1.54) is 12.4 Å². The van der Waals surface area contributed by atoms with Crippen molar-refractivity contribution >= 4 is 17.8 Å². The van der Waals surface area contributed by atoms with Crippen molar-refractivity contribution < 1.29 is 9.18 Å². The molecule has 1 fully saturated rings. The SMILES string of the molecule is CC.Cc1ccc(NC2=C(C(=O)C3CC3)NC=NC2)c(F)c1. The third-order valence-corrected chi connectivity index (χ3v) is 3.46. The quantitative estimate of drug-likeness (QED) is 0.896. The van der Waals surface area contributed by atoms with Crippen molar-refractivity contribution in [1.82, 2.24) is 5.32 Å². The van der Waals surface area contributed by atoms with Gasteiger partial charge < -0.3 is 10.6 Å². The van der Waals surface area contributed by atoms with Gasteiger partial charge in [-0.25, -0.2) is 4.39 Å². The standard InChI is InChI=1S/C15H16FN3O.C2H6/c1-9-2-5-12(11(16)6-9)19-13-7-17-8-18-14(13)15(20)10-3-4-10;1-2/h2,5-6,8,10,19H,3-4,7H2,1H3,(H,17,18);1-2H3. The van der Waals surface area contributed by atoms with Crippen LogP contribution in [0.2, 0.25) is 0 Å². The molecule has 0 aromatic heterocycles. The Morgan fingerprint density at radius 2 is 2.09 bits per heavy atom. The number of allylic oxidation sites excluding steroid dienone is 1. The second kappa shape index (κ2) is 7.20. The zero-order valence-corrected chi connectivity index (χ0v) is 13.2. The van der Waals surface area contributed by atoms with E-state index in [9.17, 15) is 9.18 Å². The average Bonchev–Trinajstić information content (AvgIpc) is 3.37. The maximum atomic E-state index is 13.9. The third-order valence-electron chi connectivity index (χ3n) is 3.46. The lowest BCUT2D eigenvalue weighted by atomic mass is 10.1. The van der Waals surface area contributed by atoms with E-state index in [-0.39, 0.29) is 17.5 Å². The number of Topliss-reactive ketones (excluding diaryl/α,β-unsaturated/α-hetero) is 1. The molecule has 1 heterocycles. The summed E-state index contributed by atoms with van der Waals surface area (Å²) >= 11 is 0. The van der Waals surface area contributed by atoms with Gasteiger partial charge in [-0.2, -0.15) is 0 Å². The number of nitrogens with one attached hydrogen (secondary N) is 2. The lowest BCUT2D eigenvalue weighted by molar-refractivity contribution is -0.117. The maximum Gasteiger partial charge on any atom is 0.183 e. The molecule has 0 atom stereocenters. The van der Waals surface area contributed by atoms with Crippen LogP contribution in [0, 0.1) is 18.7 Å². The molecule has 0 bridgehead atoms. The van der Waals surface area contributed by atoms with E-state index >= 15 is 0 Å². The number of benzene rings is 1. The summed E-state index contributed by atoms with van der Waals surface area (Å²) in [6.45, 7) is 6.19. The van der Waals surface area contributed by atoms with E-state index in [1.807, 2.05) is 26.8 Å². The Labute approximate surface area is 130 Å². The highest BCUT2D eigenvalue weighted by Crippen LogP contribution is 2.33. The van der Waals surface area contributed by atoms with Gasteiger partial charge >= 0.3 is 0 Å². The number of carbonyl (C=O) groups is 1. The van der Waals surface area contributed by atoms with E-state index in [0.29, 0.717) is 23.6 Å². The largest absolute Gasteiger partial charge is 0.353 e. The molecule has 4 nitrogen and oxygen atoms in total. The highest BCUT2D eigenvalue weighted by molar-refractivity contribution is 6.01. The second-order valence-electron chi connectivity index (χ2n) is 5.21. The first-order valence-corrected chi connectivity index (χ1v) is 7.70. The van der Waals surface area contributed by atoms with Crippen LogP contribution in [0.15, 0.2) is 34.6 Å². The maximum absolute atomic E-state index is 13.9. The highest BCUT2D eigenvalue weighted by Gasteiger charge is 2.33. The van der Waals surface area contributed by atoms with Gasteiger partial charge in [0, 0.05) is 5.92 Å². The summed E-state index contributed by atoms with van der Waals surface area (Å²) in [5.41, 5.74) is 2.37. The number of ketones is 1. The molecule has 118 valence electrons. The average molecular weight is 303 g/mol. The predicted molar refractivity (Wildman–Crippen MR) is 87.4 cm³/mol. The number of hydrogen-bond acceptors (Lipinski definition) is 4. The molecule has 1 saturated carbocycles. The normalized spacial score (nSPS) is 16.5. The Hall–Kier alpha value is -2.17. The smallest absolute Gasteiger partial charge is 0.183 e. The molecule has 0 spiro atoms. The molecule has 0 amide bonds. The molecule has 0 unspecified atom stereocenters.